The Labute approximate surface area is 149 Å². The average Bonchev–Trinajstić information content (AvgIpc) is 3.31. The molecule has 1 saturated carbocycles. The molecule has 1 aromatic carbocycles. The number of rotatable bonds is 6. The van der Waals surface area contributed by atoms with Crippen LogP contribution in [0.3, 0.4) is 0 Å². The highest BCUT2D eigenvalue weighted by Crippen LogP contribution is 2.28. The van der Waals surface area contributed by atoms with Gasteiger partial charge >= 0.3 is 0 Å². The molecule has 3 rings (SSSR count). The summed E-state index contributed by atoms with van der Waals surface area (Å²) >= 11 is 0. The highest BCUT2D eigenvalue weighted by molar-refractivity contribution is 5.87. The van der Waals surface area contributed by atoms with E-state index in [0.29, 0.717) is 6.54 Å². The molecule has 2 N–H and O–H groups in total. The van der Waals surface area contributed by atoms with Crippen LogP contribution in [0.5, 0.6) is 0 Å². The molecular weight excluding hydrogens is 314 g/mol. The van der Waals surface area contributed by atoms with Crippen LogP contribution in [-0.4, -0.2) is 30.9 Å². The van der Waals surface area contributed by atoms with Gasteiger partial charge in [-0.2, -0.15) is 0 Å². The molecular formula is C20H27N3O2. The fourth-order valence-electron chi connectivity index (χ4n) is 3.76. The first kappa shape index (κ1) is 17.5. The van der Waals surface area contributed by atoms with E-state index in [1.807, 2.05) is 12.1 Å². The second kappa shape index (κ2) is 8.19. The Balaban J connectivity index is 1.60. The Hall–Kier alpha value is -2.30. The van der Waals surface area contributed by atoms with Gasteiger partial charge < -0.3 is 15.5 Å². The van der Waals surface area contributed by atoms with Gasteiger partial charge in [0, 0.05) is 32.2 Å². The van der Waals surface area contributed by atoms with Crippen LogP contribution in [0.25, 0.3) is 0 Å². The second-order valence-electron chi connectivity index (χ2n) is 6.99. The summed E-state index contributed by atoms with van der Waals surface area (Å²) in [5.74, 6) is 0.0387. The molecule has 0 bridgehead atoms. The first-order chi connectivity index (χ1) is 12.1. The molecule has 5 heteroatoms. The van der Waals surface area contributed by atoms with Crippen LogP contribution in [0.15, 0.2) is 36.4 Å². The fourth-order valence-corrected chi connectivity index (χ4v) is 3.76. The molecule has 0 aromatic heterocycles. The van der Waals surface area contributed by atoms with Crippen LogP contribution in [0.1, 0.15) is 38.2 Å². The third kappa shape index (κ3) is 4.62. The lowest BCUT2D eigenvalue weighted by atomic mass is 9.97. The van der Waals surface area contributed by atoms with Gasteiger partial charge in [0.05, 0.1) is 0 Å². The minimum atomic E-state index is -0.411. The fraction of sp³-hybridized carbons (Fsp3) is 0.500. The lowest BCUT2D eigenvalue weighted by molar-refractivity contribution is -0.129. The molecule has 1 aliphatic carbocycles. The van der Waals surface area contributed by atoms with Gasteiger partial charge in [0.1, 0.15) is 6.04 Å². The van der Waals surface area contributed by atoms with Crippen molar-refractivity contribution >= 4 is 17.5 Å². The maximum absolute atomic E-state index is 12.6. The summed E-state index contributed by atoms with van der Waals surface area (Å²) in [5, 5.41) is 5.86. The van der Waals surface area contributed by atoms with Crippen LogP contribution in [0.2, 0.25) is 0 Å². The van der Waals surface area contributed by atoms with E-state index in [-0.39, 0.29) is 17.7 Å². The Bertz CT molecular complexity index is 642. The number of carbonyl (C=O) groups is 2. The number of nitrogens with one attached hydrogen (secondary N) is 2. The van der Waals surface area contributed by atoms with E-state index in [2.05, 4.69) is 39.8 Å². The molecule has 0 unspecified atom stereocenters. The van der Waals surface area contributed by atoms with Crippen molar-refractivity contribution in [2.45, 2.75) is 45.2 Å². The minimum absolute atomic E-state index is 0.0738. The Kier molecular flexibility index (Phi) is 5.74. The Morgan fingerprint density at radius 3 is 2.60 bits per heavy atom. The number of benzene rings is 1. The van der Waals surface area contributed by atoms with Crippen molar-refractivity contribution in [3.8, 4) is 0 Å². The van der Waals surface area contributed by atoms with Crippen molar-refractivity contribution in [1.29, 1.82) is 0 Å². The van der Waals surface area contributed by atoms with Crippen LogP contribution >= 0.6 is 0 Å². The maximum atomic E-state index is 12.6. The number of amides is 2. The first-order valence-corrected chi connectivity index (χ1v) is 9.17. The largest absolute Gasteiger partial charge is 0.364 e. The monoisotopic (exact) mass is 341 g/mol. The SMILES string of the molecule is CC(=O)N[C@H](C(=O)NCc1cccc(N2CC=CC2)c1)C1CCCC1. The molecule has 1 aromatic rings. The zero-order valence-corrected chi connectivity index (χ0v) is 14.8. The summed E-state index contributed by atoms with van der Waals surface area (Å²) in [6, 6.07) is 7.85. The van der Waals surface area contributed by atoms with Gasteiger partial charge in [-0.25, -0.2) is 0 Å². The van der Waals surface area contributed by atoms with E-state index < -0.39 is 6.04 Å². The number of hydrogen-bond donors (Lipinski definition) is 2. The number of nitrogens with zero attached hydrogens (tertiary/aromatic N) is 1. The van der Waals surface area contributed by atoms with Gasteiger partial charge in [0.15, 0.2) is 0 Å². The molecule has 0 spiro atoms. The standard InChI is InChI=1S/C20H27N3O2/c1-15(24)22-19(17-8-2-3-9-17)20(25)21-14-16-7-6-10-18(13-16)23-11-4-5-12-23/h4-7,10,13,17,19H,2-3,8-9,11-12,14H2,1H3,(H,21,25)(H,22,24)/t19-/m0/s1. The predicted molar refractivity (Wildman–Crippen MR) is 99.2 cm³/mol. The summed E-state index contributed by atoms with van der Waals surface area (Å²) < 4.78 is 0. The van der Waals surface area contributed by atoms with E-state index in [1.165, 1.54) is 12.6 Å². The molecule has 1 heterocycles. The summed E-state index contributed by atoms with van der Waals surface area (Å²) in [7, 11) is 0. The van der Waals surface area contributed by atoms with E-state index >= 15 is 0 Å². The molecule has 2 aliphatic rings. The third-order valence-corrected chi connectivity index (χ3v) is 5.07. The molecule has 2 amide bonds. The van der Waals surface area contributed by atoms with Crippen molar-refractivity contribution in [2.75, 3.05) is 18.0 Å². The highest BCUT2D eigenvalue weighted by Gasteiger charge is 2.31. The van der Waals surface area contributed by atoms with Crippen molar-refractivity contribution in [1.82, 2.24) is 10.6 Å². The summed E-state index contributed by atoms with van der Waals surface area (Å²) in [6.07, 6.45) is 8.62. The molecule has 134 valence electrons. The van der Waals surface area contributed by atoms with Crippen molar-refractivity contribution < 1.29 is 9.59 Å². The smallest absolute Gasteiger partial charge is 0.243 e. The molecule has 0 radical (unpaired) electrons. The predicted octanol–water partition coefficient (Wildman–Crippen LogP) is 2.37. The number of anilines is 1. The van der Waals surface area contributed by atoms with Crippen molar-refractivity contribution in [2.24, 2.45) is 5.92 Å². The van der Waals surface area contributed by atoms with Gasteiger partial charge in [-0.1, -0.05) is 37.1 Å². The topological polar surface area (TPSA) is 61.4 Å². The normalized spacial score (nSPS) is 18.4. The maximum Gasteiger partial charge on any atom is 0.243 e. The van der Waals surface area contributed by atoms with Gasteiger partial charge in [-0.15, -0.1) is 0 Å². The Morgan fingerprint density at radius 2 is 1.92 bits per heavy atom. The van der Waals surface area contributed by atoms with E-state index in [0.717, 1.165) is 44.3 Å². The average molecular weight is 341 g/mol. The summed E-state index contributed by atoms with van der Waals surface area (Å²) in [6.45, 7) is 3.82. The molecule has 1 atom stereocenters. The number of carbonyl (C=O) groups excluding carboxylic acids is 2. The molecule has 25 heavy (non-hydrogen) atoms. The van der Waals surface area contributed by atoms with E-state index in [1.54, 1.807) is 0 Å². The van der Waals surface area contributed by atoms with Crippen LogP contribution in [-0.2, 0) is 16.1 Å². The van der Waals surface area contributed by atoms with Gasteiger partial charge in [-0.3, -0.25) is 9.59 Å². The molecule has 1 aliphatic heterocycles. The molecule has 5 nitrogen and oxygen atoms in total. The van der Waals surface area contributed by atoms with Gasteiger partial charge in [-0.05, 0) is 36.5 Å². The second-order valence-corrected chi connectivity index (χ2v) is 6.99. The van der Waals surface area contributed by atoms with Crippen LogP contribution in [0.4, 0.5) is 5.69 Å². The minimum Gasteiger partial charge on any atom is -0.364 e. The van der Waals surface area contributed by atoms with Crippen LogP contribution < -0.4 is 15.5 Å². The van der Waals surface area contributed by atoms with E-state index in [4.69, 9.17) is 0 Å². The lowest BCUT2D eigenvalue weighted by Gasteiger charge is -2.23. The molecule has 1 fully saturated rings. The lowest BCUT2D eigenvalue weighted by Crippen LogP contribution is -2.49. The molecule has 0 saturated heterocycles. The Morgan fingerprint density at radius 1 is 1.20 bits per heavy atom. The van der Waals surface area contributed by atoms with Crippen molar-refractivity contribution in [3.63, 3.8) is 0 Å². The third-order valence-electron chi connectivity index (χ3n) is 5.07. The summed E-state index contributed by atoms with van der Waals surface area (Å²) in [5.41, 5.74) is 2.25. The quantitative estimate of drug-likeness (QED) is 0.781. The zero-order valence-electron chi connectivity index (χ0n) is 14.8. The van der Waals surface area contributed by atoms with Crippen LogP contribution in [0, 0.1) is 5.92 Å². The highest BCUT2D eigenvalue weighted by atomic mass is 16.2. The first-order valence-electron chi connectivity index (χ1n) is 9.17. The zero-order chi connectivity index (χ0) is 17.6. The van der Waals surface area contributed by atoms with Gasteiger partial charge in [0.2, 0.25) is 11.8 Å². The van der Waals surface area contributed by atoms with Crippen molar-refractivity contribution in [3.05, 3.63) is 42.0 Å². The number of hydrogen-bond acceptors (Lipinski definition) is 3. The summed E-state index contributed by atoms with van der Waals surface area (Å²) in [4.78, 5) is 26.4. The van der Waals surface area contributed by atoms with E-state index in [9.17, 15) is 9.59 Å². The van der Waals surface area contributed by atoms with Gasteiger partial charge in [0.25, 0.3) is 0 Å².